The summed E-state index contributed by atoms with van der Waals surface area (Å²) in [6, 6.07) is 6.69. The van der Waals surface area contributed by atoms with Gasteiger partial charge in [-0.1, -0.05) is 31.9 Å². The van der Waals surface area contributed by atoms with Crippen molar-refractivity contribution in [3.05, 3.63) is 29.8 Å². The van der Waals surface area contributed by atoms with E-state index in [0.29, 0.717) is 12.3 Å². The second-order valence-electron chi connectivity index (χ2n) is 6.07. The molecular formula is C17H26N2O3S. The Bertz CT molecular complexity index is 547. The molecule has 0 aliphatic heterocycles. The normalized spacial score (nSPS) is 22.3. The van der Waals surface area contributed by atoms with Crippen LogP contribution in [0.25, 0.3) is 0 Å². The van der Waals surface area contributed by atoms with E-state index in [-0.39, 0.29) is 23.1 Å². The summed E-state index contributed by atoms with van der Waals surface area (Å²) in [5.74, 6) is 0.855. The topological polar surface area (TPSA) is 69.6 Å². The van der Waals surface area contributed by atoms with Gasteiger partial charge in [-0.25, -0.2) is 4.79 Å². The quantitative estimate of drug-likeness (QED) is 0.867. The first-order valence-electron chi connectivity index (χ1n) is 8.18. The lowest BCUT2D eigenvalue weighted by atomic mass is 9.95. The number of hydrogen-bond acceptors (Lipinski definition) is 3. The number of amides is 2. The third-order valence-electron chi connectivity index (χ3n) is 4.34. The van der Waals surface area contributed by atoms with Gasteiger partial charge in [0.25, 0.3) is 0 Å². The molecule has 0 radical (unpaired) electrons. The van der Waals surface area contributed by atoms with Gasteiger partial charge >= 0.3 is 6.03 Å². The fourth-order valence-corrected chi connectivity index (χ4v) is 4.43. The molecule has 0 heterocycles. The molecule has 1 aromatic rings. The fourth-order valence-electron chi connectivity index (χ4n) is 3.01. The molecular weight excluding hydrogens is 312 g/mol. The van der Waals surface area contributed by atoms with Crippen molar-refractivity contribution in [3.8, 4) is 5.75 Å². The predicted molar refractivity (Wildman–Crippen MR) is 92.8 cm³/mol. The fraction of sp³-hybridized carbons (Fsp3) is 0.588. The van der Waals surface area contributed by atoms with Gasteiger partial charge in [-0.05, 0) is 30.5 Å². The van der Waals surface area contributed by atoms with E-state index >= 15 is 0 Å². The summed E-state index contributed by atoms with van der Waals surface area (Å²) in [5.41, 5.74) is 0.956. The van der Waals surface area contributed by atoms with Crippen LogP contribution in [-0.2, 0) is 17.3 Å². The smallest absolute Gasteiger partial charge is 0.317 e. The summed E-state index contributed by atoms with van der Waals surface area (Å²) in [6.07, 6.45) is 3.98. The molecule has 1 fully saturated rings. The lowest BCUT2D eigenvalue weighted by Crippen LogP contribution is -2.50. The van der Waals surface area contributed by atoms with Crippen LogP contribution in [0.4, 0.5) is 4.79 Å². The van der Waals surface area contributed by atoms with Crippen molar-refractivity contribution >= 4 is 16.8 Å². The maximum atomic E-state index is 12.4. The van der Waals surface area contributed by atoms with E-state index < -0.39 is 10.8 Å². The first-order chi connectivity index (χ1) is 11.0. The third kappa shape index (κ3) is 4.96. The Morgan fingerprint density at radius 1 is 1.30 bits per heavy atom. The summed E-state index contributed by atoms with van der Waals surface area (Å²) in [5, 5.41) is 12.4. The van der Waals surface area contributed by atoms with Gasteiger partial charge in [0.2, 0.25) is 0 Å². The average molecular weight is 338 g/mol. The molecule has 128 valence electrons. The SMILES string of the molecule is CC[S@@](=O)[C@H]1CCCC[C@@H]1NC(=O)N(C)Cc1ccc(O)cc1. The minimum Gasteiger partial charge on any atom is -0.508 e. The van der Waals surface area contributed by atoms with Crippen molar-refractivity contribution in [2.75, 3.05) is 12.8 Å². The average Bonchev–Trinajstić information content (AvgIpc) is 2.56. The maximum absolute atomic E-state index is 12.4. The largest absolute Gasteiger partial charge is 0.508 e. The maximum Gasteiger partial charge on any atom is 0.317 e. The third-order valence-corrected chi connectivity index (χ3v) is 6.15. The van der Waals surface area contributed by atoms with E-state index in [1.807, 2.05) is 6.92 Å². The number of phenols is 1. The second kappa shape index (κ2) is 8.34. The van der Waals surface area contributed by atoms with E-state index in [4.69, 9.17) is 0 Å². The molecule has 0 unspecified atom stereocenters. The van der Waals surface area contributed by atoms with Crippen LogP contribution in [0.5, 0.6) is 5.75 Å². The molecule has 6 heteroatoms. The summed E-state index contributed by atoms with van der Waals surface area (Å²) >= 11 is 0. The zero-order valence-corrected chi connectivity index (χ0v) is 14.6. The first-order valence-corrected chi connectivity index (χ1v) is 9.56. The molecule has 0 spiro atoms. The number of benzene rings is 1. The van der Waals surface area contributed by atoms with Gasteiger partial charge in [-0.2, -0.15) is 0 Å². The Balaban J connectivity index is 1.93. The van der Waals surface area contributed by atoms with E-state index in [1.165, 1.54) is 0 Å². The van der Waals surface area contributed by atoms with Crippen LogP contribution in [0.1, 0.15) is 38.2 Å². The van der Waals surface area contributed by atoms with Gasteiger partial charge in [-0.15, -0.1) is 0 Å². The Morgan fingerprint density at radius 3 is 2.61 bits per heavy atom. The molecule has 1 aliphatic carbocycles. The summed E-state index contributed by atoms with van der Waals surface area (Å²) in [6.45, 7) is 2.40. The summed E-state index contributed by atoms with van der Waals surface area (Å²) in [4.78, 5) is 14.0. The molecule has 2 rings (SSSR count). The molecule has 2 amide bonds. The van der Waals surface area contributed by atoms with Crippen LogP contribution >= 0.6 is 0 Å². The molecule has 2 N–H and O–H groups in total. The van der Waals surface area contributed by atoms with E-state index in [2.05, 4.69) is 5.32 Å². The Morgan fingerprint density at radius 2 is 1.96 bits per heavy atom. The van der Waals surface area contributed by atoms with Gasteiger partial charge in [0, 0.05) is 36.2 Å². The number of nitrogens with zero attached hydrogens (tertiary/aromatic N) is 1. The van der Waals surface area contributed by atoms with Gasteiger partial charge in [0.15, 0.2) is 0 Å². The summed E-state index contributed by atoms with van der Waals surface area (Å²) in [7, 11) is 0.872. The highest BCUT2D eigenvalue weighted by Crippen LogP contribution is 2.23. The highest BCUT2D eigenvalue weighted by Gasteiger charge is 2.30. The number of hydrogen-bond donors (Lipinski definition) is 2. The van der Waals surface area contributed by atoms with Crippen LogP contribution < -0.4 is 5.32 Å². The molecule has 1 saturated carbocycles. The molecule has 23 heavy (non-hydrogen) atoms. The number of aromatic hydroxyl groups is 1. The number of urea groups is 1. The second-order valence-corrected chi connectivity index (χ2v) is 8.02. The Labute approximate surface area is 140 Å². The van der Waals surface area contributed by atoms with Crippen molar-refractivity contribution in [2.24, 2.45) is 0 Å². The number of phenolic OH excluding ortho intramolecular Hbond substituents is 1. The molecule has 5 nitrogen and oxygen atoms in total. The van der Waals surface area contributed by atoms with Crippen LogP contribution in [0.15, 0.2) is 24.3 Å². The minimum absolute atomic E-state index is 0.000647. The van der Waals surface area contributed by atoms with Crippen LogP contribution in [0.2, 0.25) is 0 Å². The standard InChI is InChI=1S/C17H26N2O3S/c1-3-23(22)16-7-5-4-6-15(16)18-17(21)19(2)12-13-8-10-14(20)11-9-13/h8-11,15-16,20H,3-7,12H2,1-2H3,(H,18,21)/t15-,16-,23+/m0/s1. The molecule has 1 aromatic carbocycles. The van der Waals surface area contributed by atoms with Crippen molar-refractivity contribution < 1.29 is 14.1 Å². The zero-order chi connectivity index (χ0) is 16.8. The van der Waals surface area contributed by atoms with Gasteiger partial charge in [0.1, 0.15) is 5.75 Å². The predicted octanol–water partition coefficient (Wildman–Crippen LogP) is 2.61. The Hall–Kier alpha value is -1.56. The van der Waals surface area contributed by atoms with Crippen LogP contribution in [0, 0.1) is 0 Å². The monoisotopic (exact) mass is 338 g/mol. The molecule has 0 aromatic heterocycles. The molecule has 1 aliphatic rings. The van der Waals surface area contributed by atoms with Crippen molar-refractivity contribution in [3.63, 3.8) is 0 Å². The molecule has 0 saturated heterocycles. The van der Waals surface area contributed by atoms with E-state index in [1.54, 1.807) is 36.2 Å². The summed E-state index contributed by atoms with van der Waals surface area (Å²) < 4.78 is 12.2. The minimum atomic E-state index is -0.875. The first kappa shape index (κ1) is 17.8. The van der Waals surface area contributed by atoms with Gasteiger partial charge in [0.05, 0.1) is 5.25 Å². The van der Waals surface area contributed by atoms with Crippen LogP contribution in [-0.4, -0.2) is 44.3 Å². The van der Waals surface area contributed by atoms with E-state index in [9.17, 15) is 14.1 Å². The lowest BCUT2D eigenvalue weighted by Gasteiger charge is -2.32. The van der Waals surface area contributed by atoms with Gasteiger partial charge in [-0.3, -0.25) is 4.21 Å². The van der Waals surface area contributed by atoms with Crippen molar-refractivity contribution in [1.29, 1.82) is 0 Å². The van der Waals surface area contributed by atoms with E-state index in [0.717, 1.165) is 31.2 Å². The lowest BCUT2D eigenvalue weighted by molar-refractivity contribution is 0.199. The highest BCUT2D eigenvalue weighted by molar-refractivity contribution is 7.85. The highest BCUT2D eigenvalue weighted by atomic mass is 32.2. The zero-order valence-electron chi connectivity index (χ0n) is 13.8. The van der Waals surface area contributed by atoms with Crippen molar-refractivity contribution in [2.45, 2.75) is 50.4 Å². The number of carbonyl (C=O) groups is 1. The van der Waals surface area contributed by atoms with Crippen LogP contribution in [0.3, 0.4) is 0 Å². The van der Waals surface area contributed by atoms with Crippen molar-refractivity contribution in [1.82, 2.24) is 10.2 Å². The number of carbonyl (C=O) groups excluding carboxylic acids is 1. The van der Waals surface area contributed by atoms with Gasteiger partial charge < -0.3 is 15.3 Å². The Kier molecular flexibility index (Phi) is 6.45. The molecule has 3 atom stereocenters. The number of rotatable bonds is 5. The molecule has 0 bridgehead atoms. The number of nitrogens with one attached hydrogen (secondary N) is 1.